The second-order valence-electron chi connectivity index (χ2n) is 2.90. The van der Waals surface area contributed by atoms with Gasteiger partial charge in [0.1, 0.15) is 11.9 Å². The predicted molar refractivity (Wildman–Crippen MR) is 56.2 cm³/mol. The van der Waals surface area contributed by atoms with Crippen LogP contribution >= 0.6 is 0 Å². The molecule has 0 saturated carbocycles. The van der Waals surface area contributed by atoms with Gasteiger partial charge in [0.25, 0.3) is 0 Å². The Labute approximate surface area is 84.5 Å². The highest BCUT2D eigenvalue weighted by atomic mass is 16.5. The van der Waals surface area contributed by atoms with Crippen LogP contribution in [0.2, 0.25) is 0 Å². The van der Waals surface area contributed by atoms with Crippen LogP contribution in [0.25, 0.3) is 0 Å². The molecule has 74 valence electrons. The van der Waals surface area contributed by atoms with Gasteiger partial charge in [-0.15, -0.1) is 0 Å². The molecule has 0 fully saturated rings. The van der Waals surface area contributed by atoms with Crippen LogP contribution in [0.4, 0.5) is 0 Å². The van der Waals surface area contributed by atoms with E-state index in [4.69, 9.17) is 9.84 Å². The van der Waals surface area contributed by atoms with E-state index < -0.39 is 6.10 Å². The molecule has 0 aliphatic rings. The first-order valence-electron chi connectivity index (χ1n) is 4.65. The minimum atomic E-state index is -0.582. The standard InChI is InChI=1S/C12H14O2/c1-3-14-12-8-6-11(7-9-12)5-4-10(2)13/h6-10,13H,3H2,1-2H3. The van der Waals surface area contributed by atoms with E-state index in [0.29, 0.717) is 6.61 Å². The van der Waals surface area contributed by atoms with Crippen molar-refractivity contribution in [2.75, 3.05) is 6.61 Å². The third-order valence-electron chi connectivity index (χ3n) is 1.59. The van der Waals surface area contributed by atoms with Gasteiger partial charge in [0.05, 0.1) is 6.61 Å². The number of hydrogen-bond acceptors (Lipinski definition) is 2. The van der Waals surface area contributed by atoms with Crippen molar-refractivity contribution in [1.29, 1.82) is 0 Å². The molecule has 2 heteroatoms. The summed E-state index contributed by atoms with van der Waals surface area (Å²) in [6, 6.07) is 7.49. The minimum Gasteiger partial charge on any atom is -0.494 e. The summed E-state index contributed by atoms with van der Waals surface area (Å²) in [5.41, 5.74) is 0.884. The molecule has 0 heterocycles. The molecule has 2 nitrogen and oxygen atoms in total. The average Bonchev–Trinajstić information content (AvgIpc) is 2.17. The van der Waals surface area contributed by atoms with E-state index in [-0.39, 0.29) is 0 Å². The summed E-state index contributed by atoms with van der Waals surface area (Å²) >= 11 is 0. The summed E-state index contributed by atoms with van der Waals surface area (Å²) in [7, 11) is 0. The first-order valence-corrected chi connectivity index (χ1v) is 4.65. The zero-order valence-corrected chi connectivity index (χ0v) is 8.45. The zero-order valence-electron chi connectivity index (χ0n) is 8.45. The molecule has 14 heavy (non-hydrogen) atoms. The summed E-state index contributed by atoms with van der Waals surface area (Å²) in [5, 5.41) is 8.95. The van der Waals surface area contributed by atoms with E-state index in [2.05, 4.69) is 11.8 Å². The van der Waals surface area contributed by atoms with Crippen molar-refractivity contribution in [3.63, 3.8) is 0 Å². The molecule has 0 aromatic heterocycles. The van der Waals surface area contributed by atoms with Crippen molar-refractivity contribution in [3.8, 4) is 17.6 Å². The lowest BCUT2D eigenvalue weighted by molar-refractivity contribution is 0.253. The fourth-order valence-electron chi connectivity index (χ4n) is 0.989. The maximum atomic E-state index is 8.95. The fraction of sp³-hybridized carbons (Fsp3) is 0.333. The van der Waals surface area contributed by atoms with Gasteiger partial charge in [-0.2, -0.15) is 0 Å². The van der Waals surface area contributed by atoms with Crippen molar-refractivity contribution in [2.45, 2.75) is 20.0 Å². The largest absolute Gasteiger partial charge is 0.494 e. The lowest BCUT2D eigenvalue weighted by atomic mass is 10.2. The summed E-state index contributed by atoms with van der Waals surface area (Å²) in [5.74, 6) is 6.38. The molecular formula is C12H14O2. The lowest BCUT2D eigenvalue weighted by Crippen LogP contribution is -1.93. The van der Waals surface area contributed by atoms with Gasteiger partial charge in [-0.25, -0.2) is 0 Å². The quantitative estimate of drug-likeness (QED) is 0.721. The molecule has 1 atom stereocenters. The Balaban J connectivity index is 2.70. The average molecular weight is 190 g/mol. The van der Waals surface area contributed by atoms with E-state index in [9.17, 15) is 0 Å². The number of hydrogen-bond donors (Lipinski definition) is 1. The molecule has 1 aromatic carbocycles. The first kappa shape index (κ1) is 10.6. The monoisotopic (exact) mass is 190 g/mol. The van der Waals surface area contributed by atoms with Gasteiger partial charge in [-0.3, -0.25) is 0 Å². The van der Waals surface area contributed by atoms with E-state index in [0.717, 1.165) is 11.3 Å². The highest BCUT2D eigenvalue weighted by Crippen LogP contribution is 2.10. The third-order valence-corrected chi connectivity index (χ3v) is 1.59. The van der Waals surface area contributed by atoms with Gasteiger partial charge in [-0.05, 0) is 38.1 Å². The number of rotatable bonds is 2. The SMILES string of the molecule is CCOc1ccc(C#CC(C)O)cc1. The molecule has 1 N–H and O–H groups in total. The predicted octanol–water partition coefficient (Wildman–Crippen LogP) is 1.82. The van der Waals surface area contributed by atoms with E-state index in [1.165, 1.54) is 0 Å². The molecule has 0 aliphatic carbocycles. The number of ether oxygens (including phenoxy) is 1. The first-order chi connectivity index (χ1) is 6.72. The normalized spacial score (nSPS) is 11.4. The van der Waals surface area contributed by atoms with Crippen LogP contribution in [-0.4, -0.2) is 17.8 Å². The van der Waals surface area contributed by atoms with Crippen molar-refractivity contribution >= 4 is 0 Å². The maximum Gasteiger partial charge on any atom is 0.119 e. The van der Waals surface area contributed by atoms with Crippen LogP contribution in [0.3, 0.4) is 0 Å². The maximum absolute atomic E-state index is 8.95. The Morgan fingerprint density at radius 3 is 2.50 bits per heavy atom. The molecular weight excluding hydrogens is 176 g/mol. The smallest absolute Gasteiger partial charge is 0.119 e. The molecule has 0 aliphatic heterocycles. The van der Waals surface area contributed by atoms with Crippen LogP contribution < -0.4 is 4.74 Å². The summed E-state index contributed by atoms with van der Waals surface area (Å²) in [6.45, 7) is 4.25. The molecule has 0 saturated heterocycles. The van der Waals surface area contributed by atoms with Gasteiger partial charge >= 0.3 is 0 Å². The number of benzene rings is 1. The molecule has 1 unspecified atom stereocenters. The Hall–Kier alpha value is -1.46. The number of aliphatic hydroxyl groups is 1. The molecule has 0 spiro atoms. The summed E-state index contributed by atoms with van der Waals surface area (Å²) in [6.07, 6.45) is -0.582. The number of aliphatic hydroxyl groups excluding tert-OH is 1. The van der Waals surface area contributed by atoms with Crippen molar-refractivity contribution in [1.82, 2.24) is 0 Å². The van der Waals surface area contributed by atoms with Crippen LogP contribution in [0.1, 0.15) is 19.4 Å². The van der Waals surface area contributed by atoms with Crippen LogP contribution in [0.15, 0.2) is 24.3 Å². The fourth-order valence-corrected chi connectivity index (χ4v) is 0.989. The van der Waals surface area contributed by atoms with Gasteiger partial charge in [0, 0.05) is 5.56 Å². The Kier molecular flexibility index (Phi) is 4.03. The van der Waals surface area contributed by atoms with Crippen molar-refractivity contribution < 1.29 is 9.84 Å². The molecule has 0 radical (unpaired) electrons. The van der Waals surface area contributed by atoms with Crippen LogP contribution in [0, 0.1) is 11.8 Å². The van der Waals surface area contributed by atoms with Crippen LogP contribution in [-0.2, 0) is 0 Å². The Bertz CT molecular complexity index is 328. The summed E-state index contributed by atoms with van der Waals surface area (Å²) < 4.78 is 5.29. The van der Waals surface area contributed by atoms with Crippen molar-refractivity contribution in [2.24, 2.45) is 0 Å². The molecule has 0 amide bonds. The van der Waals surface area contributed by atoms with Crippen LogP contribution in [0.5, 0.6) is 5.75 Å². The Morgan fingerprint density at radius 1 is 1.36 bits per heavy atom. The molecule has 1 aromatic rings. The van der Waals surface area contributed by atoms with E-state index >= 15 is 0 Å². The minimum absolute atomic E-state index is 0.582. The highest BCUT2D eigenvalue weighted by molar-refractivity contribution is 5.38. The zero-order chi connectivity index (χ0) is 10.4. The highest BCUT2D eigenvalue weighted by Gasteiger charge is 1.91. The summed E-state index contributed by atoms with van der Waals surface area (Å²) in [4.78, 5) is 0. The van der Waals surface area contributed by atoms with E-state index in [1.807, 2.05) is 31.2 Å². The van der Waals surface area contributed by atoms with Gasteiger partial charge < -0.3 is 9.84 Å². The molecule has 1 rings (SSSR count). The second kappa shape index (κ2) is 5.31. The Morgan fingerprint density at radius 2 is 2.00 bits per heavy atom. The van der Waals surface area contributed by atoms with Gasteiger partial charge in [-0.1, -0.05) is 11.8 Å². The van der Waals surface area contributed by atoms with E-state index in [1.54, 1.807) is 6.92 Å². The second-order valence-corrected chi connectivity index (χ2v) is 2.90. The topological polar surface area (TPSA) is 29.5 Å². The van der Waals surface area contributed by atoms with Crippen molar-refractivity contribution in [3.05, 3.63) is 29.8 Å². The van der Waals surface area contributed by atoms with Gasteiger partial charge in [0.2, 0.25) is 0 Å². The van der Waals surface area contributed by atoms with Gasteiger partial charge in [0.15, 0.2) is 0 Å². The third kappa shape index (κ3) is 3.51. The molecule has 0 bridgehead atoms. The lowest BCUT2D eigenvalue weighted by Gasteiger charge is -2.01.